The van der Waals surface area contributed by atoms with Gasteiger partial charge in [-0.3, -0.25) is 0 Å². The summed E-state index contributed by atoms with van der Waals surface area (Å²) < 4.78 is 0. The van der Waals surface area contributed by atoms with Gasteiger partial charge in [0.25, 0.3) is 0 Å². The number of aliphatic hydroxyl groups excluding tert-OH is 1. The van der Waals surface area contributed by atoms with E-state index in [-0.39, 0.29) is 6.04 Å². The fourth-order valence-electron chi connectivity index (χ4n) is 2.73. The zero-order chi connectivity index (χ0) is 13.2. The summed E-state index contributed by atoms with van der Waals surface area (Å²) in [5, 5.41) is 14.1. The van der Waals surface area contributed by atoms with E-state index in [1.165, 1.54) is 16.0 Å². The Kier molecular flexibility index (Phi) is 3.69. The minimum atomic E-state index is -0.452. The third-order valence-corrected chi connectivity index (χ3v) is 5.09. The van der Waals surface area contributed by atoms with E-state index in [4.69, 9.17) is 0 Å². The molecule has 2 aromatic rings. The van der Waals surface area contributed by atoms with E-state index < -0.39 is 6.10 Å². The predicted molar refractivity (Wildman–Crippen MR) is 79.5 cm³/mol. The molecule has 2 atom stereocenters. The van der Waals surface area contributed by atoms with Gasteiger partial charge in [-0.25, -0.2) is 0 Å². The summed E-state index contributed by atoms with van der Waals surface area (Å²) in [7, 11) is 0. The van der Waals surface area contributed by atoms with Crippen molar-refractivity contribution in [2.75, 3.05) is 6.54 Å². The minimum Gasteiger partial charge on any atom is -0.386 e. The minimum absolute atomic E-state index is 0.0216. The molecule has 0 saturated heterocycles. The van der Waals surface area contributed by atoms with Crippen LogP contribution < -0.4 is 5.32 Å². The molecule has 100 valence electrons. The topological polar surface area (TPSA) is 32.3 Å². The number of hydrogen-bond donors (Lipinski definition) is 2. The first-order valence-corrected chi connectivity index (χ1v) is 7.69. The van der Waals surface area contributed by atoms with E-state index in [9.17, 15) is 5.11 Å². The van der Waals surface area contributed by atoms with Crippen LogP contribution in [0.5, 0.6) is 0 Å². The molecule has 0 fully saturated rings. The van der Waals surface area contributed by atoms with Crippen LogP contribution in [0.25, 0.3) is 0 Å². The van der Waals surface area contributed by atoms with Gasteiger partial charge in [0.1, 0.15) is 6.10 Å². The molecule has 1 aliphatic heterocycles. The lowest BCUT2D eigenvalue weighted by Crippen LogP contribution is -2.33. The van der Waals surface area contributed by atoms with Crippen LogP contribution in [0, 0.1) is 0 Å². The molecular weight excluding hydrogens is 254 g/mol. The van der Waals surface area contributed by atoms with E-state index in [1.54, 1.807) is 11.3 Å². The molecule has 0 radical (unpaired) electrons. The lowest BCUT2D eigenvalue weighted by Gasteiger charge is -2.30. The second kappa shape index (κ2) is 5.45. The number of fused-ring (bicyclic) bond motifs is 1. The Labute approximate surface area is 118 Å². The van der Waals surface area contributed by atoms with Gasteiger partial charge in [-0.1, -0.05) is 31.2 Å². The van der Waals surface area contributed by atoms with Gasteiger partial charge in [-0.05, 0) is 42.6 Å². The molecule has 3 heteroatoms. The van der Waals surface area contributed by atoms with Gasteiger partial charge in [-0.2, -0.15) is 0 Å². The third kappa shape index (κ3) is 2.46. The van der Waals surface area contributed by atoms with Crippen LogP contribution in [-0.4, -0.2) is 11.7 Å². The van der Waals surface area contributed by atoms with E-state index >= 15 is 0 Å². The van der Waals surface area contributed by atoms with Crippen molar-refractivity contribution in [2.45, 2.75) is 31.9 Å². The van der Waals surface area contributed by atoms with Crippen LogP contribution in [0.2, 0.25) is 0 Å². The predicted octanol–water partition coefficient (Wildman–Crippen LogP) is 3.23. The molecule has 2 unspecified atom stereocenters. The highest BCUT2D eigenvalue weighted by Gasteiger charge is 2.27. The van der Waals surface area contributed by atoms with Crippen LogP contribution >= 0.6 is 11.3 Å². The van der Waals surface area contributed by atoms with Crippen molar-refractivity contribution in [3.8, 4) is 0 Å². The van der Waals surface area contributed by atoms with E-state index in [2.05, 4.69) is 48.6 Å². The Morgan fingerprint density at radius 1 is 1.32 bits per heavy atom. The maximum Gasteiger partial charge on any atom is 0.108 e. The molecular formula is C16H19NOS. The van der Waals surface area contributed by atoms with Gasteiger partial charge in [0, 0.05) is 9.75 Å². The number of thiophene rings is 1. The molecule has 2 N–H and O–H groups in total. The van der Waals surface area contributed by atoms with Gasteiger partial charge in [0.15, 0.2) is 0 Å². The highest BCUT2D eigenvalue weighted by atomic mass is 32.1. The summed E-state index contributed by atoms with van der Waals surface area (Å²) in [4.78, 5) is 2.39. The van der Waals surface area contributed by atoms with Crippen LogP contribution in [0.15, 0.2) is 36.4 Å². The molecule has 1 aromatic carbocycles. The summed E-state index contributed by atoms with van der Waals surface area (Å²) in [6.45, 7) is 3.08. The molecule has 1 aromatic heterocycles. The highest BCUT2D eigenvalue weighted by molar-refractivity contribution is 7.12. The smallest absolute Gasteiger partial charge is 0.108 e. The zero-order valence-electron chi connectivity index (χ0n) is 11.1. The molecule has 0 saturated carbocycles. The summed E-state index contributed by atoms with van der Waals surface area (Å²) in [5.74, 6) is 0. The van der Waals surface area contributed by atoms with Crippen molar-refractivity contribution in [1.82, 2.24) is 5.32 Å². The van der Waals surface area contributed by atoms with Gasteiger partial charge in [0.2, 0.25) is 0 Å². The first kappa shape index (κ1) is 12.9. The maximum atomic E-state index is 10.6. The van der Waals surface area contributed by atoms with Crippen LogP contribution in [0.1, 0.15) is 40.0 Å². The highest BCUT2D eigenvalue weighted by Crippen LogP contribution is 2.36. The van der Waals surface area contributed by atoms with E-state index in [0.29, 0.717) is 0 Å². The molecule has 3 rings (SSSR count). The molecule has 0 bridgehead atoms. The molecule has 2 nitrogen and oxygen atoms in total. The van der Waals surface area contributed by atoms with Gasteiger partial charge >= 0.3 is 0 Å². The quantitative estimate of drug-likeness (QED) is 0.900. The van der Waals surface area contributed by atoms with Crippen LogP contribution in [-0.2, 0) is 12.8 Å². The standard InChI is InChI=1S/C16H19NOS/c1-2-12-7-8-14(19-12)16(18)15-13-6-4-3-5-11(13)9-10-17-15/h3-8,15-18H,2,9-10H2,1H3. The van der Waals surface area contributed by atoms with Crippen molar-refractivity contribution in [3.63, 3.8) is 0 Å². The number of aryl methyl sites for hydroxylation is 1. The summed E-state index contributed by atoms with van der Waals surface area (Å²) in [6.07, 6.45) is 1.63. The van der Waals surface area contributed by atoms with Crippen molar-refractivity contribution >= 4 is 11.3 Å². The summed E-state index contributed by atoms with van der Waals surface area (Å²) >= 11 is 1.72. The number of rotatable bonds is 3. The van der Waals surface area contributed by atoms with Crippen molar-refractivity contribution in [2.24, 2.45) is 0 Å². The molecule has 0 amide bonds. The lowest BCUT2D eigenvalue weighted by molar-refractivity contribution is 0.129. The number of benzene rings is 1. The summed E-state index contributed by atoms with van der Waals surface area (Å²) in [6, 6.07) is 12.6. The van der Waals surface area contributed by atoms with E-state index in [1.807, 2.05) is 0 Å². The fraction of sp³-hybridized carbons (Fsp3) is 0.375. The number of hydrogen-bond acceptors (Lipinski definition) is 3. The molecule has 0 aliphatic carbocycles. The van der Waals surface area contributed by atoms with Gasteiger partial charge in [0.05, 0.1) is 6.04 Å². The lowest BCUT2D eigenvalue weighted by atomic mass is 9.91. The monoisotopic (exact) mass is 273 g/mol. The van der Waals surface area contributed by atoms with Gasteiger partial charge in [-0.15, -0.1) is 11.3 Å². The first-order chi connectivity index (χ1) is 9.29. The average Bonchev–Trinajstić information content (AvgIpc) is 2.95. The number of nitrogens with one attached hydrogen (secondary N) is 1. The van der Waals surface area contributed by atoms with Gasteiger partial charge < -0.3 is 10.4 Å². The normalized spacial score (nSPS) is 20.0. The Morgan fingerprint density at radius 3 is 2.95 bits per heavy atom. The van der Waals surface area contributed by atoms with Crippen LogP contribution in [0.3, 0.4) is 0 Å². The SMILES string of the molecule is CCc1ccc(C(O)C2NCCc3ccccc32)s1. The van der Waals surface area contributed by atoms with Crippen molar-refractivity contribution in [1.29, 1.82) is 0 Å². The summed E-state index contributed by atoms with van der Waals surface area (Å²) in [5.41, 5.74) is 2.60. The average molecular weight is 273 g/mol. The molecule has 0 spiro atoms. The second-order valence-corrected chi connectivity index (χ2v) is 6.18. The second-order valence-electron chi connectivity index (χ2n) is 4.98. The maximum absolute atomic E-state index is 10.6. The molecule has 2 heterocycles. The Bertz CT molecular complexity index is 563. The van der Waals surface area contributed by atoms with Crippen molar-refractivity contribution in [3.05, 3.63) is 57.3 Å². The molecule has 1 aliphatic rings. The largest absolute Gasteiger partial charge is 0.386 e. The first-order valence-electron chi connectivity index (χ1n) is 6.87. The fourth-order valence-corrected chi connectivity index (χ4v) is 3.70. The van der Waals surface area contributed by atoms with Crippen molar-refractivity contribution < 1.29 is 5.11 Å². The Hall–Kier alpha value is -1.16. The molecule has 19 heavy (non-hydrogen) atoms. The van der Waals surface area contributed by atoms with Crippen LogP contribution in [0.4, 0.5) is 0 Å². The Balaban J connectivity index is 1.90. The zero-order valence-corrected chi connectivity index (χ0v) is 11.9. The van der Waals surface area contributed by atoms with E-state index in [0.717, 1.165) is 24.3 Å². The third-order valence-electron chi connectivity index (χ3n) is 3.79. The Morgan fingerprint density at radius 2 is 2.16 bits per heavy atom. The number of aliphatic hydroxyl groups is 1.